The predicted molar refractivity (Wildman–Crippen MR) is 71.3 cm³/mol. The third kappa shape index (κ3) is 3.18. The standard InChI is InChI=1S/C14H20OS/c1-11(2)12-6-8-13(9-7-12)15-14-5-3-4-10-16-14/h6-9,11,14H,3-5,10H2,1-2H3. The van der Waals surface area contributed by atoms with Gasteiger partial charge in [-0.2, -0.15) is 0 Å². The first-order valence-corrected chi connectivity index (χ1v) is 7.19. The molecule has 0 bridgehead atoms. The van der Waals surface area contributed by atoms with Crippen LogP contribution in [0.4, 0.5) is 0 Å². The van der Waals surface area contributed by atoms with Gasteiger partial charge in [-0.3, -0.25) is 0 Å². The summed E-state index contributed by atoms with van der Waals surface area (Å²) in [6.45, 7) is 4.43. The molecular weight excluding hydrogens is 216 g/mol. The van der Waals surface area contributed by atoms with Crippen molar-refractivity contribution >= 4 is 11.8 Å². The second-order valence-electron chi connectivity index (χ2n) is 4.64. The molecule has 1 aliphatic rings. The highest BCUT2D eigenvalue weighted by Crippen LogP contribution is 2.28. The van der Waals surface area contributed by atoms with Gasteiger partial charge in [0.2, 0.25) is 0 Å². The smallest absolute Gasteiger partial charge is 0.144 e. The van der Waals surface area contributed by atoms with Crippen molar-refractivity contribution in [2.24, 2.45) is 0 Å². The maximum absolute atomic E-state index is 5.95. The lowest BCUT2D eigenvalue weighted by molar-refractivity contribution is 0.268. The van der Waals surface area contributed by atoms with Crippen molar-refractivity contribution in [3.8, 4) is 5.75 Å². The molecule has 1 atom stereocenters. The third-order valence-corrected chi connectivity index (χ3v) is 4.18. The maximum atomic E-state index is 5.95. The van der Waals surface area contributed by atoms with Crippen LogP contribution in [0.2, 0.25) is 0 Å². The molecule has 0 spiro atoms. The molecule has 1 fully saturated rings. The molecule has 1 nitrogen and oxygen atoms in total. The Bertz CT molecular complexity index is 312. The topological polar surface area (TPSA) is 9.23 Å². The molecule has 0 aliphatic carbocycles. The summed E-state index contributed by atoms with van der Waals surface area (Å²) in [5.41, 5.74) is 1.75. The van der Waals surface area contributed by atoms with Crippen molar-refractivity contribution in [1.29, 1.82) is 0 Å². The van der Waals surface area contributed by atoms with Crippen LogP contribution in [0.3, 0.4) is 0 Å². The molecule has 16 heavy (non-hydrogen) atoms. The molecular formula is C14H20OS. The van der Waals surface area contributed by atoms with E-state index in [4.69, 9.17) is 4.74 Å². The summed E-state index contributed by atoms with van der Waals surface area (Å²) in [4.78, 5) is 0. The quantitative estimate of drug-likeness (QED) is 0.767. The van der Waals surface area contributed by atoms with Gasteiger partial charge in [0.25, 0.3) is 0 Å². The lowest BCUT2D eigenvalue weighted by Crippen LogP contribution is -2.16. The molecule has 0 amide bonds. The number of thioether (sulfide) groups is 1. The molecule has 0 aromatic heterocycles. The Labute approximate surface area is 103 Å². The molecule has 0 saturated carbocycles. The zero-order valence-corrected chi connectivity index (χ0v) is 10.9. The fourth-order valence-electron chi connectivity index (χ4n) is 1.89. The van der Waals surface area contributed by atoms with Crippen LogP contribution in [0.1, 0.15) is 44.6 Å². The summed E-state index contributed by atoms with van der Waals surface area (Å²) in [7, 11) is 0. The number of benzene rings is 1. The largest absolute Gasteiger partial charge is 0.480 e. The number of hydrogen-bond donors (Lipinski definition) is 0. The average Bonchev–Trinajstić information content (AvgIpc) is 2.31. The fraction of sp³-hybridized carbons (Fsp3) is 0.571. The van der Waals surface area contributed by atoms with E-state index in [1.54, 1.807) is 0 Å². The second-order valence-corrected chi connectivity index (χ2v) is 5.91. The predicted octanol–water partition coefficient (Wildman–Crippen LogP) is 4.43. The van der Waals surface area contributed by atoms with Crippen LogP contribution < -0.4 is 4.74 Å². The fourth-order valence-corrected chi connectivity index (χ4v) is 3.03. The molecule has 1 unspecified atom stereocenters. The summed E-state index contributed by atoms with van der Waals surface area (Å²) in [5, 5.41) is 0. The maximum Gasteiger partial charge on any atom is 0.144 e. The Morgan fingerprint density at radius 1 is 1.19 bits per heavy atom. The molecule has 0 radical (unpaired) electrons. The molecule has 2 rings (SSSR count). The highest BCUT2D eigenvalue weighted by Gasteiger charge is 2.15. The van der Waals surface area contributed by atoms with Crippen molar-refractivity contribution < 1.29 is 4.74 Å². The minimum atomic E-state index is 0.374. The van der Waals surface area contributed by atoms with Gasteiger partial charge in [0.05, 0.1) is 0 Å². The molecule has 1 aliphatic heterocycles. The van der Waals surface area contributed by atoms with Crippen LogP contribution in [0, 0.1) is 0 Å². The van der Waals surface area contributed by atoms with Gasteiger partial charge in [-0.05, 0) is 48.6 Å². The summed E-state index contributed by atoms with van der Waals surface area (Å²) in [5.74, 6) is 2.86. The van der Waals surface area contributed by atoms with Crippen LogP contribution >= 0.6 is 11.8 Å². The van der Waals surface area contributed by atoms with Gasteiger partial charge in [-0.25, -0.2) is 0 Å². The summed E-state index contributed by atoms with van der Waals surface area (Å²) in [6, 6.07) is 8.55. The van der Waals surface area contributed by atoms with Crippen molar-refractivity contribution in [2.45, 2.75) is 44.5 Å². The van der Waals surface area contributed by atoms with Crippen LogP contribution in [0.25, 0.3) is 0 Å². The Morgan fingerprint density at radius 3 is 2.50 bits per heavy atom. The first-order valence-electron chi connectivity index (χ1n) is 6.14. The monoisotopic (exact) mass is 236 g/mol. The summed E-state index contributed by atoms with van der Waals surface area (Å²) < 4.78 is 5.95. The van der Waals surface area contributed by atoms with Crippen molar-refractivity contribution in [3.05, 3.63) is 29.8 Å². The SMILES string of the molecule is CC(C)c1ccc(OC2CCCCS2)cc1. The number of hydrogen-bond acceptors (Lipinski definition) is 2. The van der Waals surface area contributed by atoms with E-state index in [-0.39, 0.29) is 0 Å². The Balaban J connectivity index is 1.93. The van der Waals surface area contributed by atoms with E-state index in [2.05, 4.69) is 38.1 Å². The van der Waals surface area contributed by atoms with Crippen molar-refractivity contribution in [3.63, 3.8) is 0 Å². The van der Waals surface area contributed by atoms with Gasteiger partial charge in [0.15, 0.2) is 0 Å². The second kappa shape index (κ2) is 5.62. The molecule has 1 heterocycles. The first-order chi connectivity index (χ1) is 7.75. The van der Waals surface area contributed by atoms with E-state index in [1.165, 1.54) is 30.6 Å². The zero-order chi connectivity index (χ0) is 11.4. The minimum Gasteiger partial charge on any atom is -0.480 e. The highest BCUT2D eigenvalue weighted by atomic mass is 32.2. The van der Waals surface area contributed by atoms with Crippen LogP contribution in [-0.4, -0.2) is 11.2 Å². The molecule has 88 valence electrons. The van der Waals surface area contributed by atoms with Crippen LogP contribution in [0.5, 0.6) is 5.75 Å². The average molecular weight is 236 g/mol. The van der Waals surface area contributed by atoms with E-state index >= 15 is 0 Å². The Kier molecular flexibility index (Phi) is 4.16. The van der Waals surface area contributed by atoms with Gasteiger partial charge in [-0.15, -0.1) is 11.8 Å². The molecule has 1 aromatic rings. The van der Waals surface area contributed by atoms with Gasteiger partial charge >= 0.3 is 0 Å². The van der Waals surface area contributed by atoms with Crippen LogP contribution in [-0.2, 0) is 0 Å². The lowest BCUT2D eigenvalue weighted by atomic mass is 10.0. The Hall–Kier alpha value is -0.630. The highest BCUT2D eigenvalue weighted by molar-refractivity contribution is 7.99. The molecule has 1 saturated heterocycles. The van der Waals surface area contributed by atoms with E-state index < -0.39 is 0 Å². The van der Waals surface area contributed by atoms with E-state index in [0.29, 0.717) is 11.4 Å². The van der Waals surface area contributed by atoms with E-state index in [0.717, 1.165) is 5.75 Å². The third-order valence-electron chi connectivity index (χ3n) is 2.95. The summed E-state index contributed by atoms with van der Waals surface area (Å²) >= 11 is 1.95. The zero-order valence-electron chi connectivity index (χ0n) is 10.1. The number of ether oxygens (including phenoxy) is 1. The van der Waals surface area contributed by atoms with E-state index in [9.17, 15) is 0 Å². The van der Waals surface area contributed by atoms with Gasteiger partial charge in [-0.1, -0.05) is 26.0 Å². The van der Waals surface area contributed by atoms with Gasteiger partial charge in [0, 0.05) is 0 Å². The molecule has 2 heteroatoms. The van der Waals surface area contributed by atoms with Gasteiger partial charge in [0.1, 0.15) is 11.2 Å². The number of rotatable bonds is 3. The van der Waals surface area contributed by atoms with E-state index in [1.807, 2.05) is 11.8 Å². The van der Waals surface area contributed by atoms with Crippen LogP contribution in [0.15, 0.2) is 24.3 Å². The van der Waals surface area contributed by atoms with Crippen molar-refractivity contribution in [2.75, 3.05) is 5.75 Å². The first kappa shape index (κ1) is 11.8. The van der Waals surface area contributed by atoms with Crippen molar-refractivity contribution in [1.82, 2.24) is 0 Å². The molecule has 0 N–H and O–H groups in total. The normalized spacial score (nSPS) is 21.1. The lowest BCUT2D eigenvalue weighted by Gasteiger charge is -2.22. The minimum absolute atomic E-state index is 0.374. The Morgan fingerprint density at radius 2 is 1.94 bits per heavy atom. The molecule has 1 aromatic carbocycles. The van der Waals surface area contributed by atoms with Gasteiger partial charge < -0.3 is 4.74 Å². The summed E-state index contributed by atoms with van der Waals surface area (Å²) in [6.07, 6.45) is 3.84.